The van der Waals surface area contributed by atoms with Crippen molar-refractivity contribution in [3.05, 3.63) is 0 Å². The van der Waals surface area contributed by atoms with Crippen molar-refractivity contribution < 1.29 is 13.2 Å². The molecule has 1 rings (SSSR count). The summed E-state index contributed by atoms with van der Waals surface area (Å²) in [6, 6.07) is -0.0850. The third-order valence-corrected chi connectivity index (χ3v) is 4.26. The number of hydrogen-bond acceptors (Lipinski definition) is 4. The molecule has 5 nitrogen and oxygen atoms in total. The second-order valence-electron chi connectivity index (χ2n) is 4.95. The molecule has 18 heavy (non-hydrogen) atoms. The quantitative estimate of drug-likeness (QED) is 0.745. The van der Waals surface area contributed by atoms with Crippen LogP contribution in [0.5, 0.6) is 0 Å². The summed E-state index contributed by atoms with van der Waals surface area (Å²) in [5.41, 5.74) is 0. The molecule has 1 aliphatic rings. The number of nitrogens with one attached hydrogen (secondary N) is 1. The van der Waals surface area contributed by atoms with Gasteiger partial charge in [-0.1, -0.05) is 20.3 Å². The largest absolute Gasteiger partial charge is 0.326 e. The van der Waals surface area contributed by atoms with Crippen LogP contribution in [0, 0.1) is 0 Å². The summed E-state index contributed by atoms with van der Waals surface area (Å²) in [4.78, 5) is 13.9. The Labute approximate surface area is 110 Å². The number of rotatable bonds is 7. The standard InChI is InChI=1S/C12H24N2O3S/c1-4-7-10-12(15)14(11(5-2)13-10)8-6-9-18(3,16)17/h10-11,13H,4-9H2,1-3H3. The first kappa shape index (κ1) is 15.4. The van der Waals surface area contributed by atoms with Gasteiger partial charge in [0, 0.05) is 12.8 Å². The van der Waals surface area contributed by atoms with E-state index in [1.54, 1.807) is 4.90 Å². The van der Waals surface area contributed by atoms with Gasteiger partial charge in [0.1, 0.15) is 9.84 Å². The summed E-state index contributed by atoms with van der Waals surface area (Å²) >= 11 is 0. The minimum absolute atomic E-state index is 0.0635. The van der Waals surface area contributed by atoms with Gasteiger partial charge in [0.05, 0.1) is 18.0 Å². The van der Waals surface area contributed by atoms with E-state index in [0.29, 0.717) is 13.0 Å². The van der Waals surface area contributed by atoms with Gasteiger partial charge >= 0.3 is 0 Å². The Morgan fingerprint density at radius 2 is 2.00 bits per heavy atom. The summed E-state index contributed by atoms with van der Waals surface area (Å²) in [6.07, 6.45) is 4.48. The van der Waals surface area contributed by atoms with Gasteiger partial charge in [0.2, 0.25) is 5.91 Å². The van der Waals surface area contributed by atoms with Crippen molar-refractivity contribution in [1.82, 2.24) is 10.2 Å². The highest BCUT2D eigenvalue weighted by Gasteiger charge is 2.36. The van der Waals surface area contributed by atoms with E-state index in [0.717, 1.165) is 19.3 Å². The average Bonchev–Trinajstić information content (AvgIpc) is 2.56. The Balaban J connectivity index is 2.54. The molecule has 106 valence electrons. The molecule has 1 aliphatic heterocycles. The summed E-state index contributed by atoms with van der Waals surface area (Å²) in [6.45, 7) is 4.61. The molecular weight excluding hydrogens is 252 g/mol. The lowest BCUT2D eigenvalue weighted by atomic mass is 10.2. The first-order valence-corrected chi connectivity index (χ1v) is 8.69. The highest BCUT2D eigenvalue weighted by Crippen LogP contribution is 2.17. The number of sulfone groups is 1. The Kier molecular flexibility index (Phi) is 5.59. The van der Waals surface area contributed by atoms with Crippen LogP contribution in [0.1, 0.15) is 39.5 Å². The molecule has 2 unspecified atom stereocenters. The van der Waals surface area contributed by atoms with Crippen molar-refractivity contribution in [2.24, 2.45) is 0 Å². The molecule has 0 saturated carbocycles. The van der Waals surface area contributed by atoms with Crippen LogP contribution in [0.3, 0.4) is 0 Å². The van der Waals surface area contributed by atoms with Crippen LogP contribution in [0.25, 0.3) is 0 Å². The van der Waals surface area contributed by atoms with Crippen LogP contribution in [0.15, 0.2) is 0 Å². The Hall–Kier alpha value is -0.620. The molecule has 6 heteroatoms. The molecule has 1 saturated heterocycles. The molecule has 0 aromatic carbocycles. The summed E-state index contributed by atoms with van der Waals surface area (Å²) in [7, 11) is -2.94. The fourth-order valence-electron chi connectivity index (χ4n) is 2.34. The van der Waals surface area contributed by atoms with Crippen molar-refractivity contribution in [2.45, 2.75) is 51.7 Å². The molecular formula is C12H24N2O3S. The molecule has 1 fully saturated rings. The minimum atomic E-state index is -2.94. The number of carbonyl (C=O) groups is 1. The first-order valence-electron chi connectivity index (χ1n) is 6.63. The molecule has 2 atom stereocenters. The van der Waals surface area contributed by atoms with E-state index < -0.39 is 9.84 Å². The van der Waals surface area contributed by atoms with E-state index >= 15 is 0 Å². The molecule has 1 amide bonds. The van der Waals surface area contributed by atoms with Crippen molar-refractivity contribution in [1.29, 1.82) is 0 Å². The van der Waals surface area contributed by atoms with E-state index in [4.69, 9.17) is 0 Å². The van der Waals surface area contributed by atoms with Crippen LogP contribution in [0.4, 0.5) is 0 Å². The van der Waals surface area contributed by atoms with Crippen LogP contribution >= 0.6 is 0 Å². The van der Waals surface area contributed by atoms with Gasteiger partial charge < -0.3 is 4.90 Å². The number of hydrogen-bond donors (Lipinski definition) is 1. The van der Waals surface area contributed by atoms with Crippen molar-refractivity contribution in [2.75, 3.05) is 18.6 Å². The second kappa shape index (κ2) is 6.52. The predicted octanol–water partition coefficient (Wildman–Crippen LogP) is 0.758. The minimum Gasteiger partial charge on any atom is -0.326 e. The van der Waals surface area contributed by atoms with Crippen molar-refractivity contribution in [3.8, 4) is 0 Å². The zero-order chi connectivity index (χ0) is 13.8. The zero-order valence-electron chi connectivity index (χ0n) is 11.5. The zero-order valence-corrected chi connectivity index (χ0v) is 12.3. The summed E-state index contributed by atoms with van der Waals surface area (Å²) in [5, 5.41) is 3.32. The Bertz CT molecular complexity index is 381. The molecule has 1 heterocycles. The molecule has 0 radical (unpaired) electrons. The SMILES string of the molecule is CCCC1NC(CC)N(CCCS(C)(=O)=O)C1=O. The number of nitrogens with zero attached hydrogens (tertiary/aromatic N) is 1. The molecule has 0 aliphatic carbocycles. The second-order valence-corrected chi connectivity index (χ2v) is 7.21. The van der Waals surface area contributed by atoms with Gasteiger partial charge in [-0.05, 0) is 19.3 Å². The fourth-order valence-corrected chi connectivity index (χ4v) is 3.00. The number of carbonyl (C=O) groups excluding carboxylic acids is 1. The van der Waals surface area contributed by atoms with Crippen LogP contribution in [-0.4, -0.2) is 50.0 Å². The van der Waals surface area contributed by atoms with E-state index in [-0.39, 0.29) is 23.9 Å². The molecule has 0 spiro atoms. The highest BCUT2D eigenvalue weighted by molar-refractivity contribution is 7.90. The monoisotopic (exact) mass is 276 g/mol. The summed E-state index contributed by atoms with van der Waals surface area (Å²) in [5.74, 6) is 0.267. The highest BCUT2D eigenvalue weighted by atomic mass is 32.2. The van der Waals surface area contributed by atoms with E-state index in [1.165, 1.54) is 6.26 Å². The van der Waals surface area contributed by atoms with Gasteiger partial charge in [0.25, 0.3) is 0 Å². The lowest BCUT2D eigenvalue weighted by Crippen LogP contribution is -2.37. The van der Waals surface area contributed by atoms with Crippen molar-refractivity contribution >= 4 is 15.7 Å². The normalized spacial score (nSPS) is 24.8. The molecule has 1 N–H and O–H groups in total. The van der Waals surface area contributed by atoms with Gasteiger partial charge in [0.15, 0.2) is 0 Å². The Morgan fingerprint density at radius 3 is 2.50 bits per heavy atom. The topological polar surface area (TPSA) is 66.5 Å². The maximum absolute atomic E-state index is 12.1. The van der Waals surface area contributed by atoms with Crippen LogP contribution < -0.4 is 5.32 Å². The summed E-state index contributed by atoms with van der Waals surface area (Å²) < 4.78 is 22.2. The molecule has 0 aromatic rings. The molecule has 0 aromatic heterocycles. The van der Waals surface area contributed by atoms with E-state index in [1.807, 2.05) is 6.92 Å². The fraction of sp³-hybridized carbons (Fsp3) is 0.917. The first-order chi connectivity index (χ1) is 8.39. The van der Waals surface area contributed by atoms with E-state index in [9.17, 15) is 13.2 Å². The average molecular weight is 276 g/mol. The van der Waals surface area contributed by atoms with Gasteiger partial charge in [-0.15, -0.1) is 0 Å². The van der Waals surface area contributed by atoms with Crippen molar-refractivity contribution in [3.63, 3.8) is 0 Å². The van der Waals surface area contributed by atoms with Gasteiger partial charge in [-0.2, -0.15) is 0 Å². The predicted molar refractivity (Wildman–Crippen MR) is 72.0 cm³/mol. The van der Waals surface area contributed by atoms with Gasteiger partial charge in [-0.25, -0.2) is 8.42 Å². The maximum Gasteiger partial charge on any atom is 0.241 e. The van der Waals surface area contributed by atoms with E-state index in [2.05, 4.69) is 12.2 Å². The molecule has 0 bridgehead atoms. The third kappa shape index (κ3) is 4.24. The van der Waals surface area contributed by atoms with Crippen LogP contribution in [-0.2, 0) is 14.6 Å². The lowest BCUT2D eigenvalue weighted by Gasteiger charge is -2.22. The Morgan fingerprint density at radius 1 is 1.33 bits per heavy atom. The smallest absolute Gasteiger partial charge is 0.241 e. The lowest BCUT2D eigenvalue weighted by molar-refractivity contribution is -0.130. The third-order valence-electron chi connectivity index (χ3n) is 3.23. The maximum atomic E-state index is 12.1. The van der Waals surface area contributed by atoms with Crippen LogP contribution in [0.2, 0.25) is 0 Å². The number of amides is 1. The van der Waals surface area contributed by atoms with Gasteiger partial charge in [-0.3, -0.25) is 10.1 Å².